The van der Waals surface area contributed by atoms with Gasteiger partial charge in [0, 0.05) is 25.4 Å². The van der Waals surface area contributed by atoms with Crippen LogP contribution < -0.4 is 5.32 Å². The van der Waals surface area contributed by atoms with E-state index in [1.165, 1.54) is 6.08 Å². The summed E-state index contributed by atoms with van der Waals surface area (Å²) in [5.74, 6) is 0.474. The molecule has 1 amide bonds. The number of carbonyl (C=O) groups is 1. The zero-order valence-corrected chi connectivity index (χ0v) is 8.83. The van der Waals surface area contributed by atoms with Gasteiger partial charge < -0.3 is 15.0 Å². The van der Waals surface area contributed by atoms with Crippen LogP contribution in [-0.2, 0) is 9.53 Å². The first-order chi connectivity index (χ1) is 6.71. The van der Waals surface area contributed by atoms with Crippen molar-refractivity contribution in [3.63, 3.8) is 0 Å². The van der Waals surface area contributed by atoms with Crippen LogP contribution in [0, 0.1) is 0 Å². The van der Waals surface area contributed by atoms with E-state index < -0.39 is 0 Å². The molecule has 4 nitrogen and oxygen atoms in total. The van der Waals surface area contributed by atoms with E-state index in [0.29, 0.717) is 5.76 Å². The molecule has 1 aliphatic rings. The van der Waals surface area contributed by atoms with Gasteiger partial charge in [-0.2, -0.15) is 0 Å². The number of hydrogen-bond donors (Lipinski definition) is 1. The third kappa shape index (κ3) is 2.28. The van der Waals surface area contributed by atoms with Gasteiger partial charge in [-0.05, 0) is 13.8 Å². The molecule has 0 aromatic rings. The molecule has 14 heavy (non-hydrogen) atoms. The first kappa shape index (κ1) is 10.6. The summed E-state index contributed by atoms with van der Waals surface area (Å²) in [4.78, 5) is 13.1. The maximum Gasteiger partial charge on any atom is 0.252 e. The van der Waals surface area contributed by atoms with Crippen LogP contribution >= 0.6 is 0 Å². The van der Waals surface area contributed by atoms with Crippen LogP contribution in [-0.4, -0.2) is 31.0 Å². The summed E-state index contributed by atoms with van der Waals surface area (Å²) >= 11 is 0. The Kier molecular flexibility index (Phi) is 3.56. The highest BCUT2D eigenvalue weighted by Crippen LogP contribution is 2.14. The van der Waals surface area contributed by atoms with Gasteiger partial charge in [-0.15, -0.1) is 0 Å². The van der Waals surface area contributed by atoms with Crippen LogP contribution in [0.1, 0.15) is 13.8 Å². The van der Waals surface area contributed by atoms with Gasteiger partial charge in [-0.1, -0.05) is 0 Å². The average Bonchev–Trinajstić information content (AvgIpc) is 2.55. The maximum atomic E-state index is 11.1. The topological polar surface area (TPSA) is 41.6 Å². The largest absolute Gasteiger partial charge is 0.494 e. The molecule has 0 radical (unpaired) electrons. The zero-order chi connectivity index (χ0) is 10.6. The molecule has 1 rings (SSSR count). The Bertz CT molecular complexity index is 278. The zero-order valence-electron chi connectivity index (χ0n) is 8.83. The predicted molar refractivity (Wildman–Crippen MR) is 54.2 cm³/mol. The molecular formula is C10H16N2O2. The number of hydrogen-bond acceptors (Lipinski definition) is 3. The first-order valence-electron chi connectivity index (χ1n) is 4.74. The number of carbonyl (C=O) groups excluding carboxylic acids is 1. The molecule has 0 aromatic carbocycles. The molecule has 1 aliphatic heterocycles. The van der Waals surface area contributed by atoms with Crippen molar-refractivity contribution in [3.8, 4) is 0 Å². The molecule has 0 spiro atoms. The molecule has 0 unspecified atom stereocenters. The minimum absolute atomic E-state index is 0.125. The van der Waals surface area contributed by atoms with Crippen molar-refractivity contribution in [1.82, 2.24) is 10.2 Å². The number of ether oxygens (including phenoxy) is 1. The molecule has 0 aliphatic carbocycles. The van der Waals surface area contributed by atoms with Crippen LogP contribution in [0.3, 0.4) is 0 Å². The molecule has 0 fully saturated rings. The molecule has 1 N–H and O–H groups in total. The van der Waals surface area contributed by atoms with Crippen molar-refractivity contribution in [2.24, 2.45) is 0 Å². The summed E-state index contributed by atoms with van der Waals surface area (Å²) < 4.78 is 5.07. The molecule has 0 aromatic heterocycles. The summed E-state index contributed by atoms with van der Waals surface area (Å²) in [6.45, 7) is 5.95. The van der Waals surface area contributed by atoms with E-state index in [0.717, 1.165) is 18.8 Å². The van der Waals surface area contributed by atoms with Gasteiger partial charge >= 0.3 is 0 Å². The smallest absolute Gasteiger partial charge is 0.252 e. The molecule has 1 heterocycles. The lowest BCUT2D eigenvalue weighted by Gasteiger charge is -2.17. The molecule has 0 saturated carbocycles. The maximum absolute atomic E-state index is 11.1. The normalized spacial score (nSPS) is 18.1. The van der Waals surface area contributed by atoms with Gasteiger partial charge in [0.05, 0.1) is 12.8 Å². The van der Waals surface area contributed by atoms with E-state index in [2.05, 4.69) is 24.1 Å². The second-order valence-electron chi connectivity index (χ2n) is 2.97. The number of nitrogens with one attached hydrogen (secondary N) is 1. The highest BCUT2D eigenvalue weighted by molar-refractivity contribution is 5.94. The van der Waals surface area contributed by atoms with Crippen LogP contribution in [0.2, 0.25) is 0 Å². The Morgan fingerprint density at radius 3 is 2.64 bits per heavy atom. The average molecular weight is 196 g/mol. The van der Waals surface area contributed by atoms with Crippen LogP contribution in [0.25, 0.3) is 0 Å². The number of amides is 1. The van der Waals surface area contributed by atoms with E-state index >= 15 is 0 Å². The fraction of sp³-hybridized carbons (Fsp3) is 0.500. The molecule has 78 valence electrons. The van der Waals surface area contributed by atoms with Gasteiger partial charge in [-0.3, -0.25) is 4.79 Å². The van der Waals surface area contributed by atoms with E-state index in [9.17, 15) is 4.79 Å². The molecule has 4 heteroatoms. The van der Waals surface area contributed by atoms with Gasteiger partial charge in [0.25, 0.3) is 5.91 Å². The van der Waals surface area contributed by atoms with Gasteiger partial charge in [0.2, 0.25) is 0 Å². The van der Waals surface area contributed by atoms with Gasteiger partial charge in [-0.25, -0.2) is 0 Å². The third-order valence-corrected chi connectivity index (χ3v) is 2.13. The van der Waals surface area contributed by atoms with E-state index in [4.69, 9.17) is 4.74 Å². The van der Waals surface area contributed by atoms with Crippen LogP contribution in [0.5, 0.6) is 0 Å². The second-order valence-corrected chi connectivity index (χ2v) is 2.97. The van der Waals surface area contributed by atoms with E-state index in [1.807, 2.05) is 6.20 Å². The third-order valence-electron chi connectivity index (χ3n) is 2.13. The highest BCUT2D eigenvalue weighted by atomic mass is 16.5. The molecule has 0 saturated heterocycles. The number of methoxy groups -OCH3 is 1. The minimum atomic E-state index is -0.125. The predicted octanol–water partition coefficient (Wildman–Crippen LogP) is 0.830. The standard InChI is InChI=1S/C10H16N2O2/c1-4-12(5-2)7-8-9(14-3)6-10(13)11-8/h6-7H,4-5H2,1-3H3,(H,11,13)/b8-7+. The van der Waals surface area contributed by atoms with Gasteiger partial charge in [0.1, 0.15) is 5.76 Å². The Hall–Kier alpha value is -1.45. The lowest BCUT2D eigenvalue weighted by Crippen LogP contribution is -2.21. The van der Waals surface area contributed by atoms with Crippen molar-refractivity contribution in [2.45, 2.75) is 13.8 Å². The summed E-state index contributed by atoms with van der Waals surface area (Å²) in [5.41, 5.74) is 0.737. The Morgan fingerprint density at radius 2 is 2.14 bits per heavy atom. The highest BCUT2D eigenvalue weighted by Gasteiger charge is 2.18. The van der Waals surface area contributed by atoms with Crippen LogP contribution in [0.4, 0.5) is 0 Å². The Morgan fingerprint density at radius 1 is 1.50 bits per heavy atom. The summed E-state index contributed by atoms with van der Waals surface area (Å²) in [6, 6.07) is 0. The Labute approximate surface area is 84.2 Å². The lowest BCUT2D eigenvalue weighted by molar-refractivity contribution is -0.115. The number of rotatable bonds is 4. The fourth-order valence-electron chi connectivity index (χ4n) is 1.28. The summed E-state index contributed by atoms with van der Waals surface area (Å²) in [7, 11) is 1.56. The summed E-state index contributed by atoms with van der Waals surface area (Å²) in [5, 5.41) is 2.72. The lowest BCUT2D eigenvalue weighted by atomic mass is 10.4. The SMILES string of the molecule is CCN(/C=C1/NC(=O)C=C1OC)CC. The molecule has 0 atom stereocenters. The quantitative estimate of drug-likeness (QED) is 0.724. The second kappa shape index (κ2) is 4.69. The Balaban J connectivity index is 2.78. The first-order valence-corrected chi connectivity index (χ1v) is 4.74. The molecular weight excluding hydrogens is 180 g/mol. The van der Waals surface area contributed by atoms with Crippen molar-refractivity contribution in [3.05, 3.63) is 23.7 Å². The van der Waals surface area contributed by atoms with Gasteiger partial charge in [0.15, 0.2) is 0 Å². The number of nitrogens with zero attached hydrogens (tertiary/aromatic N) is 1. The molecule has 0 bridgehead atoms. The van der Waals surface area contributed by atoms with Crippen molar-refractivity contribution < 1.29 is 9.53 Å². The van der Waals surface area contributed by atoms with Crippen molar-refractivity contribution in [2.75, 3.05) is 20.2 Å². The monoisotopic (exact) mass is 196 g/mol. The fourth-order valence-corrected chi connectivity index (χ4v) is 1.28. The summed E-state index contributed by atoms with van der Waals surface area (Å²) in [6.07, 6.45) is 3.36. The van der Waals surface area contributed by atoms with Crippen LogP contribution in [0.15, 0.2) is 23.7 Å². The minimum Gasteiger partial charge on any atom is -0.494 e. The van der Waals surface area contributed by atoms with E-state index in [1.54, 1.807) is 7.11 Å². The van der Waals surface area contributed by atoms with E-state index in [-0.39, 0.29) is 5.91 Å². The van der Waals surface area contributed by atoms with Crippen molar-refractivity contribution >= 4 is 5.91 Å². The van der Waals surface area contributed by atoms with Crippen molar-refractivity contribution in [1.29, 1.82) is 0 Å².